The number of rotatable bonds is 4. The van der Waals surface area contributed by atoms with E-state index in [1.807, 2.05) is 6.92 Å². The Hall–Kier alpha value is -1.09. The molecule has 0 aliphatic heterocycles. The Bertz CT molecular complexity index is 390. The Balaban J connectivity index is 1.87. The van der Waals surface area contributed by atoms with Gasteiger partial charge in [-0.2, -0.15) is 0 Å². The highest BCUT2D eigenvalue weighted by atomic mass is 35.5. The highest BCUT2D eigenvalue weighted by Gasteiger charge is 2.29. The number of nitrogens with one attached hydrogen (secondary N) is 1. The highest BCUT2D eigenvalue weighted by Crippen LogP contribution is 2.35. The van der Waals surface area contributed by atoms with Crippen molar-refractivity contribution in [2.24, 2.45) is 5.92 Å². The van der Waals surface area contributed by atoms with E-state index in [1.165, 1.54) is 12.8 Å². The van der Waals surface area contributed by atoms with Crippen LogP contribution in [0.3, 0.4) is 0 Å². The van der Waals surface area contributed by atoms with E-state index in [9.17, 15) is 4.79 Å². The van der Waals surface area contributed by atoms with Gasteiger partial charge in [0, 0.05) is 24.0 Å². The van der Waals surface area contributed by atoms with Gasteiger partial charge in [0.05, 0.1) is 5.38 Å². The quantitative estimate of drug-likeness (QED) is 0.817. The smallest absolute Gasteiger partial charge is 0.251 e. The summed E-state index contributed by atoms with van der Waals surface area (Å²) in [6.07, 6.45) is 4.03. The van der Waals surface area contributed by atoms with Crippen LogP contribution in [0.5, 0.6) is 0 Å². The fourth-order valence-electron chi connectivity index (χ4n) is 1.60. The zero-order valence-electron chi connectivity index (χ0n) is 9.24. The highest BCUT2D eigenvalue weighted by molar-refractivity contribution is 6.21. The van der Waals surface area contributed by atoms with Crippen LogP contribution >= 0.6 is 11.6 Å². The van der Waals surface area contributed by atoms with E-state index in [1.54, 1.807) is 18.3 Å². The number of carbonyl (C=O) groups is 1. The summed E-state index contributed by atoms with van der Waals surface area (Å²) in [7, 11) is 0. The number of aryl methyl sites for hydroxylation is 1. The fraction of sp³-hybridized carbons (Fsp3) is 0.500. The lowest BCUT2D eigenvalue weighted by Gasteiger charge is -2.09. The van der Waals surface area contributed by atoms with E-state index in [-0.39, 0.29) is 11.3 Å². The lowest BCUT2D eigenvalue weighted by molar-refractivity contribution is 0.0953. The van der Waals surface area contributed by atoms with E-state index in [4.69, 9.17) is 11.6 Å². The molecule has 1 N–H and O–H groups in total. The minimum Gasteiger partial charge on any atom is -0.351 e. The van der Waals surface area contributed by atoms with Gasteiger partial charge in [-0.1, -0.05) is 0 Å². The molecule has 1 fully saturated rings. The first kappa shape index (κ1) is 11.4. The number of halogens is 1. The van der Waals surface area contributed by atoms with E-state index in [2.05, 4.69) is 10.3 Å². The van der Waals surface area contributed by atoms with Crippen molar-refractivity contribution in [3.05, 3.63) is 29.6 Å². The summed E-state index contributed by atoms with van der Waals surface area (Å²) in [5.41, 5.74) is 1.49. The number of nitrogens with zero attached hydrogens (tertiary/aromatic N) is 1. The van der Waals surface area contributed by atoms with Gasteiger partial charge in [-0.25, -0.2) is 0 Å². The maximum Gasteiger partial charge on any atom is 0.251 e. The van der Waals surface area contributed by atoms with Gasteiger partial charge < -0.3 is 5.32 Å². The van der Waals surface area contributed by atoms with Crippen LogP contribution in [0.25, 0.3) is 0 Å². The maximum absolute atomic E-state index is 11.7. The van der Waals surface area contributed by atoms with Gasteiger partial charge in [0.2, 0.25) is 0 Å². The molecule has 4 heteroatoms. The van der Waals surface area contributed by atoms with Crippen molar-refractivity contribution < 1.29 is 4.79 Å². The SMILES string of the molecule is Cc1cc(C(=O)NCC(Cl)C2CC2)ccn1. The molecule has 16 heavy (non-hydrogen) atoms. The van der Waals surface area contributed by atoms with Crippen molar-refractivity contribution >= 4 is 17.5 Å². The summed E-state index contributed by atoms with van der Waals surface area (Å²) < 4.78 is 0. The first-order valence-electron chi connectivity index (χ1n) is 5.52. The summed E-state index contributed by atoms with van der Waals surface area (Å²) >= 11 is 6.11. The third-order valence-electron chi connectivity index (χ3n) is 2.75. The van der Waals surface area contributed by atoms with E-state index < -0.39 is 0 Å². The van der Waals surface area contributed by atoms with Crippen molar-refractivity contribution in [1.82, 2.24) is 10.3 Å². The molecule has 0 bridgehead atoms. The third kappa shape index (κ3) is 2.95. The van der Waals surface area contributed by atoms with Crippen molar-refractivity contribution in [2.75, 3.05) is 6.54 Å². The van der Waals surface area contributed by atoms with Crippen molar-refractivity contribution in [3.63, 3.8) is 0 Å². The lowest BCUT2D eigenvalue weighted by atomic mass is 10.2. The molecule has 1 aromatic rings. The molecule has 0 radical (unpaired) electrons. The minimum atomic E-state index is -0.0724. The summed E-state index contributed by atoms with van der Waals surface area (Å²) in [6.45, 7) is 2.41. The van der Waals surface area contributed by atoms with Crippen molar-refractivity contribution in [2.45, 2.75) is 25.1 Å². The minimum absolute atomic E-state index is 0.0724. The van der Waals surface area contributed by atoms with Crippen LogP contribution < -0.4 is 5.32 Å². The van der Waals surface area contributed by atoms with E-state index >= 15 is 0 Å². The number of hydrogen-bond donors (Lipinski definition) is 1. The zero-order valence-corrected chi connectivity index (χ0v) is 10.00. The normalized spacial score (nSPS) is 16.9. The molecular weight excluding hydrogens is 224 g/mol. The third-order valence-corrected chi connectivity index (χ3v) is 3.26. The molecule has 1 aliphatic rings. The van der Waals surface area contributed by atoms with Gasteiger partial charge in [-0.05, 0) is 37.8 Å². The molecular formula is C12H15ClN2O. The fourth-order valence-corrected chi connectivity index (χ4v) is 1.93. The predicted molar refractivity (Wildman–Crippen MR) is 63.7 cm³/mol. The molecule has 1 aromatic heterocycles. The topological polar surface area (TPSA) is 42.0 Å². The molecule has 1 saturated carbocycles. The molecule has 1 atom stereocenters. The largest absolute Gasteiger partial charge is 0.351 e. The second kappa shape index (κ2) is 4.83. The van der Waals surface area contributed by atoms with Crippen LogP contribution in [0, 0.1) is 12.8 Å². The molecule has 86 valence electrons. The summed E-state index contributed by atoms with van der Waals surface area (Å²) in [5, 5.41) is 2.92. The predicted octanol–water partition coefficient (Wildman–Crippen LogP) is 2.14. The summed E-state index contributed by atoms with van der Waals surface area (Å²) in [6, 6.07) is 3.48. The van der Waals surface area contributed by atoms with Crippen LogP contribution in [0.4, 0.5) is 0 Å². The molecule has 0 spiro atoms. The molecule has 1 amide bonds. The van der Waals surface area contributed by atoms with Gasteiger partial charge >= 0.3 is 0 Å². The Morgan fingerprint density at radius 3 is 3.06 bits per heavy atom. The second-order valence-corrected chi connectivity index (χ2v) is 4.81. The molecule has 2 rings (SSSR count). The van der Waals surface area contributed by atoms with Gasteiger partial charge in [0.15, 0.2) is 0 Å². The molecule has 1 unspecified atom stereocenters. The van der Waals surface area contributed by atoms with Crippen molar-refractivity contribution in [1.29, 1.82) is 0 Å². The monoisotopic (exact) mass is 238 g/mol. The average molecular weight is 239 g/mol. The van der Waals surface area contributed by atoms with Crippen LogP contribution in [0.1, 0.15) is 28.9 Å². The standard InChI is InChI=1S/C12H15ClN2O/c1-8-6-10(4-5-14-8)12(16)15-7-11(13)9-2-3-9/h4-6,9,11H,2-3,7H2,1H3,(H,15,16). The molecule has 3 nitrogen and oxygen atoms in total. The number of amides is 1. The van der Waals surface area contributed by atoms with Gasteiger partial charge in [-0.3, -0.25) is 9.78 Å². The van der Waals surface area contributed by atoms with Gasteiger partial charge in [0.1, 0.15) is 0 Å². The Kier molecular flexibility index (Phi) is 3.44. The Labute approximate surface area is 100 Å². The van der Waals surface area contributed by atoms with Crippen LogP contribution in [0.15, 0.2) is 18.3 Å². The van der Waals surface area contributed by atoms with Gasteiger partial charge in [0.25, 0.3) is 5.91 Å². The first-order valence-corrected chi connectivity index (χ1v) is 5.95. The van der Waals surface area contributed by atoms with Crippen LogP contribution in [-0.4, -0.2) is 22.8 Å². The summed E-state index contributed by atoms with van der Waals surface area (Å²) in [4.78, 5) is 15.8. The average Bonchev–Trinajstić information content (AvgIpc) is 3.09. The van der Waals surface area contributed by atoms with Crippen LogP contribution in [-0.2, 0) is 0 Å². The number of carbonyl (C=O) groups excluding carboxylic acids is 1. The Morgan fingerprint density at radius 1 is 1.69 bits per heavy atom. The zero-order chi connectivity index (χ0) is 11.5. The number of hydrogen-bond acceptors (Lipinski definition) is 2. The molecule has 0 aromatic carbocycles. The Morgan fingerprint density at radius 2 is 2.44 bits per heavy atom. The van der Waals surface area contributed by atoms with Crippen molar-refractivity contribution in [3.8, 4) is 0 Å². The lowest BCUT2D eigenvalue weighted by Crippen LogP contribution is -2.30. The number of pyridine rings is 1. The van der Waals surface area contributed by atoms with E-state index in [0.717, 1.165) is 5.69 Å². The molecule has 0 saturated heterocycles. The number of alkyl halides is 1. The van der Waals surface area contributed by atoms with E-state index in [0.29, 0.717) is 18.0 Å². The second-order valence-electron chi connectivity index (χ2n) is 4.25. The summed E-state index contributed by atoms with van der Waals surface area (Å²) in [5.74, 6) is 0.526. The van der Waals surface area contributed by atoms with Crippen LogP contribution in [0.2, 0.25) is 0 Å². The maximum atomic E-state index is 11.7. The molecule has 1 heterocycles. The first-order chi connectivity index (χ1) is 7.66. The van der Waals surface area contributed by atoms with Gasteiger partial charge in [-0.15, -0.1) is 11.6 Å². The number of aromatic nitrogens is 1. The molecule has 1 aliphatic carbocycles.